The molecule has 4 heteroatoms. The smallest absolute Gasteiger partial charge is 0.238 e. The van der Waals surface area contributed by atoms with Gasteiger partial charge in [0.25, 0.3) is 0 Å². The van der Waals surface area contributed by atoms with Crippen LogP contribution in [0.3, 0.4) is 0 Å². The monoisotopic (exact) mass is 864 g/mol. The van der Waals surface area contributed by atoms with Crippen LogP contribution in [0.1, 0.15) is 99.9 Å². The Kier molecular flexibility index (Phi) is 8.08. The summed E-state index contributed by atoms with van der Waals surface area (Å²) in [4.78, 5) is 19.4. The summed E-state index contributed by atoms with van der Waals surface area (Å²) in [5.74, 6) is 1.88. The molecule has 0 saturated heterocycles. The van der Waals surface area contributed by atoms with Crippen LogP contribution >= 0.6 is 0 Å². The maximum Gasteiger partial charge on any atom is 0.238 e. The van der Waals surface area contributed by atoms with Gasteiger partial charge in [-0.2, -0.15) is 9.97 Å². The van der Waals surface area contributed by atoms with Crippen molar-refractivity contribution in [3.63, 3.8) is 0 Å². The number of fused-ring (bicyclic) bond motifs is 12. The van der Waals surface area contributed by atoms with E-state index in [9.17, 15) is 0 Å². The molecular formula is C63H52N4. The molecule has 0 spiro atoms. The van der Waals surface area contributed by atoms with Gasteiger partial charge in [0, 0.05) is 43.9 Å². The van der Waals surface area contributed by atoms with Gasteiger partial charge in [0.2, 0.25) is 5.95 Å². The van der Waals surface area contributed by atoms with Crippen LogP contribution in [-0.2, 0) is 21.7 Å². The summed E-state index contributed by atoms with van der Waals surface area (Å²) in [5.41, 5.74) is 23.6. The molecule has 9 aromatic rings. The van der Waals surface area contributed by atoms with Gasteiger partial charge in [-0.15, -0.1) is 0 Å². The van der Waals surface area contributed by atoms with Crippen molar-refractivity contribution in [2.24, 2.45) is 0 Å². The number of aromatic nitrogens is 3. The second-order valence-electron chi connectivity index (χ2n) is 21.2. The lowest BCUT2D eigenvalue weighted by Gasteiger charge is -2.30. The first-order chi connectivity index (χ1) is 32.3. The normalized spacial score (nSPS) is 16.2. The Labute approximate surface area is 394 Å². The average molecular weight is 865 g/mol. The van der Waals surface area contributed by atoms with Gasteiger partial charge in [0.15, 0.2) is 11.6 Å². The standard InChI is InChI=1S/C63H52N4/c1-60(2)45-26-13-10-21-39(45)44-36-37(34-35-49(44)60)57-64-58(43-25-17-24-40-38-20-9-14-27-46(38)63(7,8)56(40)43)66-59(65-57)67(52-32-18-30-50-54(52)41-22-11-15-28-47(41)61(50,3)4)53-33-19-31-51-55(53)42-23-12-16-29-48(42)62(51,5)6/h9-36H,1-8H3. The number of hydrogen-bond acceptors (Lipinski definition) is 4. The minimum Gasteiger partial charge on any atom is -0.278 e. The van der Waals surface area contributed by atoms with E-state index in [1.165, 1.54) is 89.0 Å². The highest BCUT2D eigenvalue weighted by Gasteiger charge is 2.43. The highest BCUT2D eigenvalue weighted by molar-refractivity contribution is 6.00. The molecule has 1 heterocycles. The summed E-state index contributed by atoms with van der Waals surface area (Å²) in [7, 11) is 0. The molecule has 0 fully saturated rings. The summed E-state index contributed by atoms with van der Waals surface area (Å²) in [6.45, 7) is 18.8. The highest BCUT2D eigenvalue weighted by atomic mass is 15.3. The minimum atomic E-state index is -0.289. The zero-order chi connectivity index (χ0) is 45.8. The van der Waals surface area contributed by atoms with Crippen LogP contribution in [0.4, 0.5) is 17.3 Å². The lowest BCUT2D eigenvalue weighted by atomic mass is 9.80. The molecule has 4 nitrogen and oxygen atoms in total. The van der Waals surface area contributed by atoms with Crippen molar-refractivity contribution >= 4 is 17.3 Å². The maximum atomic E-state index is 5.76. The molecule has 0 aliphatic heterocycles. The Morgan fingerprint density at radius 1 is 0.313 bits per heavy atom. The van der Waals surface area contributed by atoms with Crippen LogP contribution in [0.5, 0.6) is 0 Å². The van der Waals surface area contributed by atoms with E-state index in [2.05, 4.69) is 230 Å². The van der Waals surface area contributed by atoms with Gasteiger partial charge < -0.3 is 0 Å². The molecule has 67 heavy (non-hydrogen) atoms. The molecule has 13 rings (SSSR count). The SMILES string of the molecule is CC1(C)c2ccccc2-c2cc(-c3nc(-c4cccc5c4C(C)(C)c4ccccc4-5)nc(N(c4cccc5c4-c4ccccc4C5(C)C)c4cccc5c4-c4ccccc4C5(C)C)n3)ccc21. The molecule has 0 saturated carbocycles. The minimum absolute atomic E-state index is 0.128. The van der Waals surface area contributed by atoms with Gasteiger partial charge in [0.05, 0.1) is 11.4 Å². The Bertz CT molecular complexity index is 3500. The van der Waals surface area contributed by atoms with Gasteiger partial charge in [-0.3, -0.25) is 4.90 Å². The molecule has 0 unspecified atom stereocenters. The van der Waals surface area contributed by atoms with Crippen molar-refractivity contribution in [2.75, 3.05) is 4.90 Å². The molecule has 4 aliphatic rings. The average Bonchev–Trinajstić information content (AvgIpc) is 3.92. The van der Waals surface area contributed by atoms with E-state index in [4.69, 9.17) is 15.0 Å². The number of hydrogen-bond donors (Lipinski definition) is 0. The van der Waals surface area contributed by atoms with Gasteiger partial charge in [0.1, 0.15) is 0 Å². The summed E-state index contributed by atoms with van der Waals surface area (Å²) in [6, 6.07) is 62.7. The van der Waals surface area contributed by atoms with Crippen molar-refractivity contribution < 1.29 is 0 Å². The quantitative estimate of drug-likeness (QED) is 0.173. The van der Waals surface area contributed by atoms with Crippen LogP contribution in [0.15, 0.2) is 170 Å². The predicted molar refractivity (Wildman–Crippen MR) is 276 cm³/mol. The van der Waals surface area contributed by atoms with Gasteiger partial charge >= 0.3 is 0 Å². The van der Waals surface area contributed by atoms with Crippen LogP contribution in [0, 0.1) is 0 Å². The lowest BCUT2D eigenvalue weighted by Crippen LogP contribution is -2.20. The van der Waals surface area contributed by atoms with Crippen molar-refractivity contribution in [3.8, 4) is 67.3 Å². The molecule has 4 aliphatic carbocycles. The first kappa shape index (κ1) is 39.9. The van der Waals surface area contributed by atoms with Crippen molar-refractivity contribution in [2.45, 2.75) is 77.0 Å². The zero-order valence-corrected chi connectivity index (χ0v) is 39.5. The number of benzene rings is 8. The number of rotatable bonds is 5. The van der Waals surface area contributed by atoms with E-state index in [1.54, 1.807) is 0 Å². The summed E-state index contributed by atoms with van der Waals surface area (Å²) >= 11 is 0. The second kappa shape index (κ2) is 13.6. The number of nitrogens with zero attached hydrogens (tertiary/aromatic N) is 4. The third kappa shape index (κ3) is 5.33. The second-order valence-corrected chi connectivity index (χ2v) is 21.2. The van der Waals surface area contributed by atoms with Gasteiger partial charge in [-0.25, -0.2) is 4.98 Å². The fourth-order valence-corrected chi connectivity index (χ4v) is 12.8. The molecule has 0 radical (unpaired) electrons. The van der Waals surface area contributed by atoms with Crippen LogP contribution < -0.4 is 4.90 Å². The van der Waals surface area contributed by atoms with Crippen LogP contribution in [-0.4, -0.2) is 15.0 Å². The Morgan fingerprint density at radius 2 is 0.716 bits per heavy atom. The third-order valence-corrected chi connectivity index (χ3v) is 16.1. The van der Waals surface area contributed by atoms with E-state index in [0.29, 0.717) is 17.6 Å². The fraction of sp³-hybridized carbons (Fsp3) is 0.190. The topological polar surface area (TPSA) is 41.9 Å². The van der Waals surface area contributed by atoms with Gasteiger partial charge in [-0.1, -0.05) is 207 Å². The molecule has 1 aromatic heterocycles. The lowest BCUT2D eigenvalue weighted by molar-refractivity contribution is 0.660. The van der Waals surface area contributed by atoms with Crippen molar-refractivity contribution in [1.29, 1.82) is 0 Å². The van der Waals surface area contributed by atoms with Crippen molar-refractivity contribution in [1.82, 2.24) is 15.0 Å². The molecule has 324 valence electrons. The van der Waals surface area contributed by atoms with E-state index in [-0.39, 0.29) is 21.7 Å². The van der Waals surface area contributed by atoms with E-state index in [1.807, 2.05) is 0 Å². The van der Waals surface area contributed by atoms with Crippen molar-refractivity contribution in [3.05, 3.63) is 214 Å². The van der Waals surface area contributed by atoms with E-state index >= 15 is 0 Å². The Balaban J connectivity index is 1.14. The third-order valence-electron chi connectivity index (χ3n) is 16.1. The fourth-order valence-electron chi connectivity index (χ4n) is 12.8. The van der Waals surface area contributed by atoms with Gasteiger partial charge in [-0.05, 0) is 96.1 Å². The summed E-state index contributed by atoms with van der Waals surface area (Å²) in [6.07, 6.45) is 0. The largest absolute Gasteiger partial charge is 0.278 e. The zero-order valence-electron chi connectivity index (χ0n) is 39.5. The summed E-state index contributed by atoms with van der Waals surface area (Å²) in [5, 5.41) is 0. The molecule has 8 aromatic carbocycles. The molecule has 0 amide bonds. The predicted octanol–water partition coefficient (Wildman–Crippen LogP) is 15.9. The highest BCUT2D eigenvalue weighted by Crippen LogP contribution is 2.59. The molecule has 0 bridgehead atoms. The molecule has 0 atom stereocenters. The molecule has 0 N–H and O–H groups in total. The summed E-state index contributed by atoms with van der Waals surface area (Å²) < 4.78 is 0. The Hall–Kier alpha value is -7.43. The first-order valence-electron chi connectivity index (χ1n) is 23.8. The first-order valence-corrected chi connectivity index (χ1v) is 23.8. The number of anilines is 3. The van der Waals surface area contributed by atoms with E-state index in [0.717, 1.165) is 22.5 Å². The Morgan fingerprint density at radius 3 is 1.30 bits per heavy atom. The van der Waals surface area contributed by atoms with Crippen LogP contribution in [0.2, 0.25) is 0 Å². The molecular weight excluding hydrogens is 813 g/mol. The maximum absolute atomic E-state index is 5.76. The van der Waals surface area contributed by atoms with Crippen LogP contribution in [0.25, 0.3) is 67.3 Å². The van der Waals surface area contributed by atoms with E-state index < -0.39 is 0 Å².